The average Bonchev–Trinajstić information content (AvgIpc) is 2.49. The Kier molecular flexibility index (Phi) is 5.74. The largest absolute Gasteiger partial charge is 0.271 e. The fourth-order valence-corrected chi connectivity index (χ4v) is 4.19. The van der Waals surface area contributed by atoms with E-state index in [4.69, 9.17) is 5.84 Å². The van der Waals surface area contributed by atoms with Crippen LogP contribution in [0.5, 0.6) is 0 Å². The Morgan fingerprint density at radius 3 is 2.74 bits per heavy atom. The highest BCUT2D eigenvalue weighted by atomic mass is 32.2. The molecular weight excluding hydrogens is 252 g/mol. The number of hydrogen-bond acceptors (Lipinski definition) is 3. The zero-order valence-corrected chi connectivity index (χ0v) is 12.9. The summed E-state index contributed by atoms with van der Waals surface area (Å²) in [7, 11) is 0. The number of nitrogens with two attached hydrogens (primary N) is 1. The molecule has 0 aromatic heterocycles. The summed E-state index contributed by atoms with van der Waals surface area (Å²) < 4.78 is 0. The van der Waals surface area contributed by atoms with Crippen LogP contribution in [0.2, 0.25) is 0 Å². The molecule has 3 atom stereocenters. The molecule has 3 N–H and O–H groups in total. The lowest BCUT2D eigenvalue weighted by Crippen LogP contribution is -2.38. The molecule has 106 valence electrons. The number of hydrogen-bond donors (Lipinski definition) is 2. The molecule has 0 aliphatic heterocycles. The molecule has 1 saturated carbocycles. The molecule has 0 heterocycles. The van der Waals surface area contributed by atoms with Crippen molar-refractivity contribution < 1.29 is 0 Å². The monoisotopic (exact) mass is 278 g/mol. The minimum atomic E-state index is 0.300. The van der Waals surface area contributed by atoms with Gasteiger partial charge in [-0.2, -0.15) is 0 Å². The van der Waals surface area contributed by atoms with Crippen LogP contribution >= 0.6 is 11.8 Å². The zero-order chi connectivity index (χ0) is 13.7. The quantitative estimate of drug-likeness (QED) is 0.483. The van der Waals surface area contributed by atoms with Crippen LogP contribution in [0.1, 0.15) is 50.6 Å². The molecule has 0 amide bonds. The van der Waals surface area contributed by atoms with Crippen LogP contribution in [0.4, 0.5) is 0 Å². The van der Waals surface area contributed by atoms with E-state index in [1.807, 2.05) is 11.8 Å². The first kappa shape index (κ1) is 14.9. The number of rotatable bonds is 5. The van der Waals surface area contributed by atoms with Crippen LogP contribution in [0.25, 0.3) is 0 Å². The van der Waals surface area contributed by atoms with Crippen molar-refractivity contribution in [1.29, 1.82) is 0 Å². The van der Waals surface area contributed by atoms with Gasteiger partial charge in [-0.15, -0.1) is 11.8 Å². The summed E-state index contributed by atoms with van der Waals surface area (Å²) in [6, 6.07) is 8.98. The summed E-state index contributed by atoms with van der Waals surface area (Å²) in [5, 5.41) is 0. The number of hydrazine groups is 1. The summed E-state index contributed by atoms with van der Waals surface area (Å²) >= 11 is 1.82. The van der Waals surface area contributed by atoms with Gasteiger partial charge in [0.15, 0.2) is 0 Å². The first-order chi connectivity index (χ1) is 9.31. The third-order valence-corrected chi connectivity index (χ3v) is 5.39. The van der Waals surface area contributed by atoms with Crippen molar-refractivity contribution in [2.75, 3.05) is 6.26 Å². The normalized spacial score (nSPS) is 25.2. The lowest BCUT2D eigenvalue weighted by Gasteiger charge is -2.37. The van der Waals surface area contributed by atoms with Gasteiger partial charge in [0.05, 0.1) is 6.04 Å². The second-order valence-electron chi connectivity index (χ2n) is 5.50. The second kappa shape index (κ2) is 7.32. The van der Waals surface area contributed by atoms with Crippen LogP contribution in [0, 0.1) is 11.8 Å². The smallest absolute Gasteiger partial charge is 0.0501 e. The van der Waals surface area contributed by atoms with Crippen molar-refractivity contribution in [1.82, 2.24) is 5.43 Å². The van der Waals surface area contributed by atoms with E-state index in [9.17, 15) is 0 Å². The molecule has 1 fully saturated rings. The van der Waals surface area contributed by atoms with E-state index in [1.165, 1.54) is 42.6 Å². The maximum Gasteiger partial charge on any atom is 0.0501 e. The SMILES string of the molecule is CCC1CCCCC1C(NN)c1ccccc1SC. The Hall–Kier alpha value is -0.510. The van der Waals surface area contributed by atoms with Gasteiger partial charge in [0.1, 0.15) is 0 Å². The number of benzene rings is 1. The molecule has 19 heavy (non-hydrogen) atoms. The van der Waals surface area contributed by atoms with Gasteiger partial charge in [-0.25, -0.2) is 0 Å². The standard InChI is InChI=1S/C16H26N2S/c1-3-12-8-4-5-9-13(12)16(18-17)14-10-6-7-11-15(14)19-2/h6-7,10-13,16,18H,3-5,8-9,17H2,1-2H3. The van der Waals surface area contributed by atoms with E-state index in [0.29, 0.717) is 12.0 Å². The van der Waals surface area contributed by atoms with Gasteiger partial charge in [0, 0.05) is 4.90 Å². The van der Waals surface area contributed by atoms with Gasteiger partial charge in [-0.3, -0.25) is 11.3 Å². The minimum absolute atomic E-state index is 0.300. The van der Waals surface area contributed by atoms with E-state index >= 15 is 0 Å². The summed E-state index contributed by atoms with van der Waals surface area (Å²) in [4.78, 5) is 1.35. The third-order valence-electron chi connectivity index (χ3n) is 4.57. The van der Waals surface area contributed by atoms with Crippen LogP contribution in [0.15, 0.2) is 29.2 Å². The Morgan fingerprint density at radius 2 is 2.05 bits per heavy atom. The Bertz CT molecular complexity index is 394. The highest BCUT2D eigenvalue weighted by Crippen LogP contribution is 2.41. The van der Waals surface area contributed by atoms with Gasteiger partial charge in [0.2, 0.25) is 0 Å². The lowest BCUT2D eigenvalue weighted by molar-refractivity contribution is 0.174. The Morgan fingerprint density at radius 1 is 1.32 bits per heavy atom. The minimum Gasteiger partial charge on any atom is -0.271 e. The van der Waals surface area contributed by atoms with Crippen LogP contribution in [-0.2, 0) is 0 Å². The number of nitrogens with one attached hydrogen (secondary N) is 1. The molecular formula is C16H26N2S. The highest BCUT2D eigenvalue weighted by molar-refractivity contribution is 7.98. The molecule has 1 aliphatic rings. The fourth-order valence-electron chi connectivity index (χ4n) is 3.55. The van der Waals surface area contributed by atoms with Crippen LogP contribution < -0.4 is 11.3 Å². The van der Waals surface area contributed by atoms with E-state index in [1.54, 1.807) is 0 Å². The van der Waals surface area contributed by atoms with E-state index in [0.717, 1.165) is 5.92 Å². The van der Waals surface area contributed by atoms with Gasteiger partial charge < -0.3 is 0 Å². The molecule has 2 nitrogen and oxygen atoms in total. The maximum atomic E-state index is 5.92. The Labute approximate surface area is 121 Å². The van der Waals surface area contributed by atoms with Crippen molar-refractivity contribution in [2.45, 2.75) is 50.0 Å². The average molecular weight is 278 g/mol. The molecule has 1 aliphatic carbocycles. The van der Waals surface area contributed by atoms with E-state index in [2.05, 4.69) is 42.9 Å². The summed E-state index contributed by atoms with van der Waals surface area (Å²) in [6.07, 6.45) is 8.81. The third kappa shape index (κ3) is 3.33. The van der Waals surface area contributed by atoms with Crippen molar-refractivity contribution in [3.63, 3.8) is 0 Å². The Balaban J connectivity index is 2.27. The predicted octanol–water partition coefficient (Wildman–Crippen LogP) is 4.13. The molecule has 1 aromatic rings. The zero-order valence-electron chi connectivity index (χ0n) is 12.1. The first-order valence-electron chi connectivity index (χ1n) is 7.40. The van der Waals surface area contributed by atoms with Crippen molar-refractivity contribution in [3.8, 4) is 0 Å². The molecule has 0 radical (unpaired) electrons. The lowest BCUT2D eigenvalue weighted by atomic mass is 9.72. The highest BCUT2D eigenvalue weighted by Gasteiger charge is 2.32. The second-order valence-corrected chi connectivity index (χ2v) is 6.35. The summed E-state index contributed by atoms with van der Waals surface area (Å²) in [5.74, 6) is 7.40. The molecule has 2 rings (SSSR count). The van der Waals surface area contributed by atoms with Crippen LogP contribution in [0.3, 0.4) is 0 Å². The summed E-state index contributed by atoms with van der Waals surface area (Å²) in [5.41, 5.74) is 4.49. The molecule has 1 aromatic carbocycles. The summed E-state index contributed by atoms with van der Waals surface area (Å²) in [6.45, 7) is 2.32. The van der Waals surface area contributed by atoms with E-state index < -0.39 is 0 Å². The molecule has 3 heteroatoms. The fraction of sp³-hybridized carbons (Fsp3) is 0.625. The number of thioether (sulfide) groups is 1. The van der Waals surface area contributed by atoms with E-state index in [-0.39, 0.29) is 0 Å². The van der Waals surface area contributed by atoms with Gasteiger partial charge in [-0.05, 0) is 36.1 Å². The molecule has 0 bridgehead atoms. The van der Waals surface area contributed by atoms with Gasteiger partial charge in [0.25, 0.3) is 0 Å². The van der Waals surface area contributed by atoms with Crippen molar-refractivity contribution in [3.05, 3.63) is 29.8 Å². The maximum absolute atomic E-state index is 5.92. The van der Waals surface area contributed by atoms with Crippen LogP contribution in [-0.4, -0.2) is 6.26 Å². The van der Waals surface area contributed by atoms with Crippen molar-refractivity contribution in [2.24, 2.45) is 17.7 Å². The molecule has 0 saturated heterocycles. The van der Waals surface area contributed by atoms with Crippen molar-refractivity contribution >= 4 is 11.8 Å². The first-order valence-corrected chi connectivity index (χ1v) is 8.63. The molecule has 0 spiro atoms. The topological polar surface area (TPSA) is 38.0 Å². The van der Waals surface area contributed by atoms with Gasteiger partial charge in [-0.1, -0.05) is 50.8 Å². The van der Waals surface area contributed by atoms with Gasteiger partial charge >= 0.3 is 0 Å². The predicted molar refractivity (Wildman–Crippen MR) is 84.0 cm³/mol. The molecule has 3 unspecified atom stereocenters.